The topological polar surface area (TPSA) is 53.1 Å². The Hall–Kier alpha value is -1.03. The Kier molecular flexibility index (Phi) is 4.20. The van der Waals surface area contributed by atoms with Crippen LogP contribution in [-0.4, -0.2) is 16.7 Å². The van der Waals surface area contributed by atoms with Gasteiger partial charge < -0.3 is 15.0 Å². The zero-order valence-corrected chi connectivity index (χ0v) is 11.9. The van der Waals surface area contributed by atoms with Gasteiger partial charge in [-0.05, 0) is 5.92 Å². The molecule has 0 saturated heterocycles. The molecule has 0 aliphatic heterocycles. The molecule has 0 amide bonds. The molecule has 1 aromatic rings. The summed E-state index contributed by atoms with van der Waals surface area (Å²) in [5, 5.41) is 0. The van der Waals surface area contributed by atoms with Gasteiger partial charge in [0.1, 0.15) is 17.3 Å². The molecule has 98 valence electrons. The Labute approximate surface area is 104 Å². The van der Waals surface area contributed by atoms with E-state index in [0.29, 0.717) is 12.5 Å². The fourth-order valence-electron chi connectivity index (χ4n) is 1.88. The molecule has 2 N–H and O–H groups in total. The standard InChI is InChI=1S/C13H25N3O/c1-9(2)7-16-11(14)10(8-17-6)15-12(16)13(3,4)5/h9H,7-8,14H2,1-6H3. The monoisotopic (exact) mass is 239 g/mol. The van der Waals surface area contributed by atoms with Crippen LogP contribution >= 0.6 is 0 Å². The second-order valence-corrected chi connectivity index (χ2v) is 5.95. The Morgan fingerprint density at radius 1 is 1.35 bits per heavy atom. The van der Waals surface area contributed by atoms with Crippen molar-refractivity contribution in [2.45, 2.75) is 53.2 Å². The van der Waals surface area contributed by atoms with Crippen LogP contribution < -0.4 is 5.73 Å². The average molecular weight is 239 g/mol. The molecule has 0 fully saturated rings. The van der Waals surface area contributed by atoms with Gasteiger partial charge in [-0.15, -0.1) is 0 Å². The molecule has 0 saturated carbocycles. The number of rotatable bonds is 4. The minimum Gasteiger partial charge on any atom is -0.383 e. The lowest BCUT2D eigenvalue weighted by molar-refractivity contribution is 0.182. The van der Waals surface area contributed by atoms with Gasteiger partial charge in [-0.2, -0.15) is 0 Å². The highest BCUT2D eigenvalue weighted by Crippen LogP contribution is 2.27. The van der Waals surface area contributed by atoms with Crippen molar-refractivity contribution in [2.75, 3.05) is 12.8 Å². The summed E-state index contributed by atoms with van der Waals surface area (Å²) in [4.78, 5) is 4.64. The predicted molar refractivity (Wildman–Crippen MR) is 70.9 cm³/mol. The van der Waals surface area contributed by atoms with Crippen LogP contribution in [0.25, 0.3) is 0 Å². The van der Waals surface area contributed by atoms with Gasteiger partial charge in [-0.25, -0.2) is 4.98 Å². The molecule has 0 bridgehead atoms. The quantitative estimate of drug-likeness (QED) is 0.878. The highest BCUT2D eigenvalue weighted by atomic mass is 16.5. The molecule has 0 aromatic carbocycles. The van der Waals surface area contributed by atoms with E-state index < -0.39 is 0 Å². The largest absolute Gasteiger partial charge is 0.383 e. The summed E-state index contributed by atoms with van der Waals surface area (Å²) in [7, 11) is 1.66. The van der Waals surface area contributed by atoms with E-state index in [9.17, 15) is 0 Å². The smallest absolute Gasteiger partial charge is 0.129 e. The minimum atomic E-state index is -0.00496. The molecule has 4 heteroatoms. The van der Waals surface area contributed by atoms with E-state index >= 15 is 0 Å². The number of nitrogens with zero attached hydrogens (tertiary/aromatic N) is 2. The maximum Gasteiger partial charge on any atom is 0.129 e. The van der Waals surface area contributed by atoms with Crippen molar-refractivity contribution in [2.24, 2.45) is 5.92 Å². The van der Waals surface area contributed by atoms with Gasteiger partial charge in [0.05, 0.1) is 6.61 Å². The van der Waals surface area contributed by atoms with Gasteiger partial charge in [0.25, 0.3) is 0 Å². The van der Waals surface area contributed by atoms with Crippen LogP contribution in [0.15, 0.2) is 0 Å². The second-order valence-electron chi connectivity index (χ2n) is 5.95. The Morgan fingerprint density at radius 3 is 2.35 bits per heavy atom. The number of methoxy groups -OCH3 is 1. The van der Waals surface area contributed by atoms with Crippen LogP contribution in [-0.2, 0) is 23.3 Å². The van der Waals surface area contributed by atoms with Crippen LogP contribution in [0.5, 0.6) is 0 Å². The lowest BCUT2D eigenvalue weighted by Crippen LogP contribution is -2.21. The van der Waals surface area contributed by atoms with Crippen molar-refractivity contribution in [1.82, 2.24) is 9.55 Å². The number of imidazole rings is 1. The summed E-state index contributed by atoms with van der Waals surface area (Å²) in [6.45, 7) is 12.2. The normalized spacial score (nSPS) is 12.4. The van der Waals surface area contributed by atoms with Crippen molar-refractivity contribution in [3.05, 3.63) is 11.5 Å². The molecule has 17 heavy (non-hydrogen) atoms. The molecular formula is C13H25N3O. The van der Waals surface area contributed by atoms with E-state index in [1.54, 1.807) is 7.11 Å². The van der Waals surface area contributed by atoms with E-state index in [0.717, 1.165) is 23.9 Å². The molecule has 0 radical (unpaired) electrons. The van der Waals surface area contributed by atoms with E-state index in [1.807, 2.05) is 0 Å². The third-order valence-corrected chi connectivity index (χ3v) is 2.58. The van der Waals surface area contributed by atoms with E-state index in [1.165, 1.54) is 0 Å². The fraction of sp³-hybridized carbons (Fsp3) is 0.769. The molecule has 0 spiro atoms. The van der Waals surface area contributed by atoms with Crippen LogP contribution in [0.3, 0.4) is 0 Å². The van der Waals surface area contributed by atoms with Crippen LogP contribution in [0.2, 0.25) is 0 Å². The highest BCUT2D eigenvalue weighted by molar-refractivity contribution is 5.39. The van der Waals surface area contributed by atoms with Gasteiger partial charge >= 0.3 is 0 Å². The first-order valence-corrected chi connectivity index (χ1v) is 6.11. The number of nitrogens with two attached hydrogens (primary N) is 1. The van der Waals surface area contributed by atoms with Crippen molar-refractivity contribution in [1.29, 1.82) is 0 Å². The molecule has 4 nitrogen and oxygen atoms in total. The highest BCUT2D eigenvalue weighted by Gasteiger charge is 2.25. The fourth-order valence-corrected chi connectivity index (χ4v) is 1.88. The predicted octanol–water partition coefficient (Wildman–Crippen LogP) is 2.57. The number of hydrogen-bond donors (Lipinski definition) is 1. The molecule has 1 aromatic heterocycles. The number of hydrogen-bond acceptors (Lipinski definition) is 3. The molecule has 0 atom stereocenters. The van der Waals surface area contributed by atoms with E-state index in [2.05, 4.69) is 44.2 Å². The summed E-state index contributed by atoms with van der Waals surface area (Å²) in [6.07, 6.45) is 0. The first-order valence-electron chi connectivity index (χ1n) is 6.11. The third-order valence-electron chi connectivity index (χ3n) is 2.58. The molecular weight excluding hydrogens is 214 g/mol. The van der Waals surface area contributed by atoms with Crippen LogP contribution in [0.1, 0.15) is 46.1 Å². The Balaban J connectivity index is 3.22. The van der Waals surface area contributed by atoms with Crippen LogP contribution in [0.4, 0.5) is 5.82 Å². The maximum atomic E-state index is 6.16. The van der Waals surface area contributed by atoms with Gasteiger partial charge in [-0.3, -0.25) is 0 Å². The van der Waals surface area contributed by atoms with Crippen LogP contribution in [0, 0.1) is 5.92 Å². The van der Waals surface area contributed by atoms with Crippen molar-refractivity contribution in [3.63, 3.8) is 0 Å². The molecule has 0 unspecified atom stereocenters. The number of anilines is 1. The lowest BCUT2D eigenvalue weighted by Gasteiger charge is -2.21. The summed E-state index contributed by atoms with van der Waals surface area (Å²) in [5.74, 6) is 2.32. The number of ether oxygens (including phenoxy) is 1. The second kappa shape index (κ2) is 5.08. The minimum absolute atomic E-state index is 0.00496. The zero-order chi connectivity index (χ0) is 13.2. The zero-order valence-electron chi connectivity index (χ0n) is 11.9. The van der Waals surface area contributed by atoms with Gasteiger partial charge in [-0.1, -0.05) is 34.6 Å². The number of aromatic nitrogens is 2. The van der Waals surface area contributed by atoms with Crippen molar-refractivity contribution >= 4 is 5.82 Å². The van der Waals surface area contributed by atoms with E-state index in [-0.39, 0.29) is 5.41 Å². The van der Waals surface area contributed by atoms with E-state index in [4.69, 9.17) is 10.5 Å². The third kappa shape index (κ3) is 3.22. The summed E-state index contributed by atoms with van der Waals surface area (Å²) >= 11 is 0. The molecule has 0 aliphatic rings. The van der Waals surface area contributed by atoms with Crippen molar-refractivity contribution < 1.29 is 4.74 Å². The average Bonchev–Trinajstić information content (AvgIpc) is 2.45. The maximum absolute atomic E-state index is 6.16. The van der Waals surface area contributed by atoms with Gasteiger partial charge in [0.15, 0.2) is 0 Å². The SMILES string of the molecule is COCc1nc(C(C)(C)C)n(CC(C)C)c1N. The first kappa shape index (κ1) is 14.0. The summed E-state index contributed by atoms with van der Waals surface area (Å²) < 4.78 is 7.26. The first-order chi connectivity index (χ1) is 7.77. The van der Waals surface area contributed by atoms with Gasteiger partial charge in [0, 0.05) is 19.1 Å². The van der Waals surface area contributed by atoms with Gasteiger partial charge in [0.2, 0.25) is 0 Å². The molecule has 0 aliphatic carbocycles. The Bertz CT molecular complexity index is 375. The summed E-state index contributed by atoms with van der Waals surface area (Å²) in [5.41, 5.74) is 7.00. The summed E-state index contributed by atoms with van der Waals surface area (Å²) in [6, 6.07) is 0. The number of nitrogen functional groups attached to an aromatic ring is 1. The molecule has 1 heterocycles. The van der Waals surface area contributed by atoms with Crippen molar-refractivity contribution in [3.8, 4) is 0 Å². The lowest BCUT2D eigenvalue weighted by atomic mass is 9.95. The molecule has 1 rings (SSSR count). The Morgan fingerprint density at radius 2 is 1.94 bits per heavy atom.